The van der Waals surface area contributed by atoms with Gasteiger partial charge in [0.1, 0.15) is 11.8 Å². The molecule has 0 radical (unpaired) electrons. The van der Waals surface area contributed by atoms with Crippen molar-refractivity contribution in [3.8, 4) is 11.8 Å². The summed E-state index contributed by atoms with van der Waals surface area (Å²) in [7, 11) is 1.40. The number of hydrogen-bond acceptors (Lipinski definition) is 7. The van der Waals surface area contributed by atoms with E-state index in [0.29, 0.717) is 5.56 Å². The number of benzene rings is 1. The second-order valence-electron chi connectivity index (χ2n) is 4.07. The fourth-order valence-electron chi connectivity index (χ4n) is 1.74. The van der Waals surface area contributed by atoms with Crippen LogP contribution in [0.25, 0.3) is 0 Å². The average Bonchev–Trinajstić information content (AvgIpc) is 2.48. The molecule has 1 aromatic heterocycles. The Morgan fingerprint density at radius 1 is 1.48 bits per heavy atom. The number of nitriles is 1. The van der Waals surface area contributed by atoms with Gasteiger partial charge in [-0.05, 0) is 12.5 Å². The van der Waals surface area contributed by atoms with Gasteiger partial charge in [-0.25, -0.2) is 4.98 Å². The quantitative estimate of drug-likeness (QED) is 0.677. The van der Waals surface area contributed by atoms with Crippen LogP contribution in [0.4, 0.5) is 17.3 Å². The van der Waals surface area contributed by atoms with Crippen molar-refractivity contribution in [1.82, 2.24) is 9.97 Å². The molecule has 0 atom stereocenters. The molecule has 2 aromatic rings. The SMILES string of the molecule is COc1cnc(Nc2c(C)cccc2[N+](=O)[O-])nc1C#N. The van der Waals surface area contributed by atoms with Gasteiger partial charge in [0.05, 0.1) is 18.2 Å². The van der Waals surface area contributed by atoms with Crippen LogP contribution in [0.3, 0.4) is 0 Å². The Labute approximate surface area is 120 Å². The molecule has 0 saturated heterocycles. The van der Waals surface area contributed by atoms with Gasteiger partial charge in [-0.15, -0.1) is 0 Å². The van der Waals surface area contributed by atoms with Gasteiger partial charge in [-0.2, -0.15) is 10.2 Å². The van der Waals surface area contributed by atoms with Crippen LogP contribution in [0.5, 0.6) is 5.75 Å². The van der Waals surface area contributed by atoms with Crippen LogP contribution < -0.4 is 10.1 Å². The van der Waals surface area contributed by atoms with Gasteiger partial charge in [0, 0.05) is 6.07 Å². The number of anilines is 2. The number of nitro benzene ring substituents is 1. The third-order valence-corrected chi connectivity index (χ3v) is 2.77. The number of hydrogen-bond donors (Lipinski definition) is 1. The van der Waals surface area contributed by atoms with E-state index in [4.69, 9.17) is 10.00 Å². The second kappa shape index (κ2) is 5.83. The largest absolute Gasteiger partial charge is 0.492 e. The fraction of sp³-hybridized carbons (Fsp3) is 0.154. The van der Waals surface area contributed by atoms with Crippen LogP contribution in [0, 0.1) is 28.4 Å². The molecule has 2 rings (SSSR count). The van der Waals surface area contributed by atoms with Crippen LogP contribution in [-0.2, 0) is 0 Å². The van der Waals surface area contributed by atoms with E-state index in [-0.39, 0.29) is 28.8 Å². The summed E-state index contributed by atoms with van der Waals surface area (Å²) in [5, 5.41) is 22.8. The summed E-state index contributed by atoms with van der Waals surface area (Å²) in [5.41, 5.74) is 0.915. The summed E-state index contributed by atoms with van der Waals surface area (Å²) in [5.74, 6) is 0.326. The van der Waals surface area contributed by atoms with E-state index in [1.807, 2.05) is 6.07 Å². The Kier molecular flexibility index (Phi) is 3.95. The predicted molar refractivity (Wildman–Crippen MR) is 74.4 cm³/mol. The minimum absolute atomic E-state index is 0.0474. The van der Waals surface area contributed by atoms with E-state index in [2.05, 4.69) is 15.3 Å². The molecular weight excluding hydrogens is 274 g/mol. The van der Waals surface area contributed by atoms with Crippen LogP contribution in [0.1, 0.15) is 11.3 Å². The number of aromatic nitrogens is 2. The van der Waals surface area contributed by atoms with Crippen molar-refractivity contribution in [1.29, 1.82) is 5.26 Å². The highest BCUT2D eigenvalue weighted by Gasteiger charge is 2.17. The molecule has 21 heavy (non-hydrogen) atoms. The number of methoxy groups -OCH3 is 1. The molecule has 0 unspecified atom stereocenters. The number of ether oxygens (including phenoxy) is 1. The maximum atomic E-state index is 11.0. The molecule has 8 heteroatoms. The highest BCUT2D eigenvalue weighted by Crippen LogP contribution is 2.30. The Morgan fingerprint density at radius 3 is 2.86 bits per heavy atom. The summed E-state index contributed by atoms with van der Waals surface area (Å²) in [6, 6.07) is 6.57. The van der Waals surface area contributed by atoms with Gasteiger partial charge in [-0.1, -0.05) is 12.1 Å². The van der Waals surface area contributed by atoms with Gasteiger partial charge in [0.15, 0.2) is 11.4 Å². The van der Waals surface area contributed by atoms with Crippen LogP contribution in [0.2, 0.25) is 0 Å². The number of nitro groups is 1. The molecular formula is C13H11N5O3. The molecule has 0 spiro atoms. The second-order valence-corrected chi connectivity index (χ2v) is 4.07. The van der Waals surface area contributed by atoms with Gasteiger partial charge in [0.2, 0.25) is 5.95 Å². The number of rotatable bonds is 4. The highest BCUT2D eigenvalue weighted by atomic mass is 16.6. The normalized spacial score (nSPS) is 9.76. The Balaban J connectivity index is 2.44. The fourth-order valence-corrected chi connectivity index (χ4v) is 1.74. The van der Waals surface area contributed by atoms with Crippen molar-refractivity contribution >= 4 is 17.3 Å². The molecule has 1 heterocycles. The van der Waals surface area contributed by atoms with Crippen molar-refractivity contribution in [2.75, 3.05) is 12.4 Å². The minimum atomic E-state index is -0.496. The zero-order chi connectivity index (χ0) is 15.4. The van der Waals surface area contributed by atoms with Crippen molar-refractivity contribution in [3.63, 3.8) is 0 Å². The topological polar surface area (TPSA) is 114 Å². The molecule has 0 aliphatic rings. The molecule has 1 N–H and O–H groups in total. The van der Waals surface area contributed by atoms with Gasteiger partial charge < -0.3 is 10.1 Å². The van der Waals surface area contributed by atoms with Gasteiger partial charge in [-0.3, -0.25) is 10.1 Å². The Hall–Kier alpha value is -3.21. The number of nitrogens with zero attached hydrogens (tertiary/aromatic N) is 4. The van der Waals surface area contributed by atoms with E-state index < -0.39 is 4.92 Å². The molecule has 0 saturated carbocycles. The summed E-state index contributed by atoms with van der Waals surface area (Å²) >= 11 is 0. The molecule has 0 bridgehead atoms. The van der Waals surface area contributed by atoms with Gasteiger partial charge in [0.25, 0.3) is 5.69 Å². The Morgan fingerprint density at radius 2 is 2.24 bits per heavy atom. The van der Waals surface area contributed by atoms with Gasteiger partial charge >= 0.3 is 0 Å². The summed E-state index contributed by atoms with van der Waals surface area (Å²) < 4.78 is 4.94. The zero-order valence-corrected chi connectivity index (χ0v) is 11.3. The zero-order valence-electron chi connectivity index (χ0n) is 11.3. The van der Waals surface area contributed by atoms with Crippen molar-refractivity contribution in [2.24, 2.45) is 0 Å². The molecule has 0 aliphatic heterocycles. The Bertz CT molecular complexity index is 739. The first-order valence-corrected chi connectivity index (χ1v) is 5.89. The molecule has 0 amide bonds. The first-order chi connectivity index (χ1) is 10.1. The molecule has 106 valence electrons. The lowest BCUT2D eigenvalue weighted by Crippen LogP contribution is -2.04. The van der Waals surface area contributed by atoms with E-state index >= 15 is 0 Å². The summed E-state index contributed by atoms with van der Waals surface area (Å²) in [6.45, 7) is 1.73. The van der Waals surface area contributed by atoms with E-state index in [1.165, 1.54) is 19.4 Å². The molecule has 1 aromatic carbocycles. The maximum Gasteiger partial charge on any atom is 0.293 e. The predicted octanol–water partition coefficient (Wildman–Crippen LogP) is 2.32. The van der Waals surface area contributed by atoms with Crippen molar-refractivity contribution < 1.29 is 9.66 Å². The number of para-hydroxylation sites is 1. The standard InChI is InChI=1S/C13H11N5O3/c1-8-4-3-5-10(18(19)20)12(8)17-13-15-7-11(21-2)9(6-14)16-13/h3-5,7H,1-2H3,(H,15,16,17). The molecule has 0 aliphatic carbocycles. The number of aryl methyl sites for hydroxylation is 1. The molecule has 0 fully saturated rings. The van der Waals surface area contributed by atoms with Crippen molar-refractivity contribution in [2.45, 2.75) is 6.92 Å². The summed E-state index contributed by atoms with van der Waals surface area (Å²) in [6.07, 6.45) is 1.33. The van der Waals surface area contributed by atoms with Crippen LogP contribution in [0.15, 0.2) is 24.4 Å². The average molecular weight is 285 g/mol. The summed E-state index contributed by atoms with van der Waals surface area (Å²) in [4.78, 5) is 18.5. The maximum absolute atomic E-state index is 11.0. The third kappa shape index (κ3) is 2.87. The first-order valence-electron chi connectivity index (χ1n) is 5.89. The van der Waals surface area contributed by atoms with Crippen LogP contribution in [-0.4, -0.2) is 22.0 Å². The highest BCUT2D eigenvalue weighted by molar-refractivity contribution is 5.70. The minimum Gasteiger partial charge on any atom is -0.492 e. The monoisotopic (exact) mass is 285 g/mol. The first kappa shape index (κ1) is 14.2. The molecule has 8 nitrogen and oxygen atoms in total. The number of nitrogens with one attached hydrogen (secondary N) is 1. The van der Waals surface area contributed by atoms with E-state index in [9.17, 15) is 10.1 Å². The van der Waals surface area contributed by atoms with Crippen LogP contribution >= 0.6 is 0 Å². The van der Waals surface area contributed by atoms with E-state index in [0.717, 1.165) is 0 Å². The van der Waals surface area contributed by atoms with E-state index in [1.54, 1.807) is 19.1 Å². The third-order valence-electron chi connectivity index (χ3n) is 2.77. The lowest BCUT2D eigenvalue weighted by Gasteiger charge is -2.09. The smallest absolute Gasteiger partial charge is 0.293 e. The van der Waals surface area contributed by atoms with Crippen molar-refractivity contribution in [3.05, 3.63) is 45.8 Å². The lowest BCUT2D eigenvalue weighted by atomic mass is 10.1. The lowest BCUT2D eigenvalue weighted by molar-refractivity contribution is -0.384.